The van der Waals surface area contributed by atoms with Crippen LogP contribution in [0.2, 0.25) is 0 Å². The van der Waals surface area contributed by atoms with Crippen LogP contribution in [-0.4, -0.2) is 11.9 Å². The maximum Gasteiger partial charge on any atom is 0.343 e. The molecule has 44 heavy (non-hydrogen) atoms. The van der Waals surface area contributed by atoms with Crippen LogP contribution in [0.4, 0.5) is 8.78 Å². The van der Waals surface area contributed by atoms with Crippen LogP contribution < -0.4 is 9.47 Å². The standard InChI is InChI=1S/C36H30F2N2O4/c37-33-21-31(19-17-29(33)23-39)43-35(41)27-10-6-9-25(11-14-27)7-4-2-1-3-5-8-26-12-15-28(16-13-26)36(42)44-32-20-18-30(24-40)34(38)22-32/h9-22H,1-8H2. The molecule has 1 aliphatic carbocycles. The fourth-order valence-corrected chi connectivity index (χ4v) is 4.63. The molecule has 0 aromatic heterocycles. The third kappa shape index (κ3) is 9.08. The number of allylic oxidation sites excluding steroid dienone is 4. The maximum absolute atomic E-state index is 13.8. The minimum absolute atomic E-state index is 0.0444. The average molecular weight is 593 g/mol. The van der Waals surface area contributed by atoms with E-state index in [0.29, 0.717) is 17.6 Å². The highest BCUT2D eigenvalue weighted by Gasteiger charge is 2.13. The predicted octanol–water partition coefficient (Wildman–Crippen LogP) is 8.23. The van der Waals surface area contributed by atoms with Gasteiger partial charge in [0.25, 0.3) is 0 Å². The number of aryl methyl sites for hydroxylation is 1. The molecule has 0 amide bonds. The summed E-state index contributed by atoms with van der Waals surface area (Å²) < 4.78 is 38.0. The smallest absolute Gasteiger partial charge is 0.343 e. The minimum atomic E-state index is -0.737. The summed E-state index contributed by atoms with van der Waals surface area (Å²) in [6.07, 6.45) is 15.2. The summed E-state index contributed by atoms with van der Waals surface area (Å²) in [5.74, 6) is -2.54. The summed E-state index contributed by atoms with van der Waals surface area (Å²) >= 11 is 0. The van der Waals surface area contributed by atoms with Gasteiger partial charge in [-0.2, -0.15) is 10.5 Å². The second-order valence-electron chi connectivity index (χ2n) is 10.3. The van der Waals surface area contributed by atoms with E-state index in [0.717, 1.165) is 68.2 Å². The Kier molecular flexibility index (Phi) is 11.3. The number of benzene rings is 3. The molecule has 0 bridgehead atoms. The van der Waals surface area contributed by atoms with E-state index in [1.165, 1.54) is 24.3 Å². The molecule has 4 rings (SSSR count). The molecule has 0 aliphatic heterocycles. The van der Waals surface area contributed by atoms with Crippen LogP contribution in [0.3, 0.4) is 0 Å². The van der Waals surface area contributed by atoms with Crippen molar-refractivity contribution in [2.75, 3.05) is 0 Å². The molecule has 6 nitrogen and oxygen atoms in total. The van der Waals surface area contributed by atoms with Crippen molar-refractivity contribution < 1.29 is 27.8 Å². The number of hydrogen-bond acceptors (Lipinski definition) is 6. The summed E-state index contributed by atoms with van der Waals surface area (Å²) in [7, 11) is 0. The van der Waals surface area contributed by atoms with Crippen molar-refractivity contribution in [3.8, 4) is 23.6 Å². The van der Waals surface area contributed by atoms with Crippen molar-refractivity contribution in [2.45, 2.75) is 51.4 Å². The number of carbonyl (C=O) groups excluding carboxylic acids is 2. The summed E-state index contributed by atoms with van der Waals surface area (Å²) in [5.41, 5.74) is 2.80. The van der Waals surface area contributed by atoms with Gasteiger partial charge >= 0.3 is 11.9 Å². The van der Waals surface area contributed by atoms with Crippen molar-refractivity contribution in [1.82, 2.24) is 0 Å². The molecule has 3 aromatic carbocycles. The van der Waals surface area contributed by atoms with Crippen LogP contribution in [0.5, 0.6) is 11.5 Å². The second kappa shape index (κ2) is 15.8. The Bertz CT molecular complexity index is 1690. The number of halogens is 2. The van der Waals surface area contributed by atoms with E-state index in [1.807, 2.05) is 18.2 Å². The fourth-order valence-electron chi connectivity index (χ4n) is 4.63. The molecule has 0 N–H and O–H groups in total. The zero-order valence-corrected chi connectivity index (χ0v) is 24.0. The van der Waals surface area contributed by atoms with E-state index >= 15 is 0 Å². The number of esters is 2. The van der Waals surface area contributed by atoms with E-state index in [9.17, 15) is 18.4 Å². The third-order valence-electron chi connectivity index (χ3n) is 7.09. The van der Waals surface area contributed by atoms with E-state index in [2.05, 4.69) is 6.08 Å². The maximum atomic E-state index is 13.8. The Labute approximate surface area is 255 Å². The average Bonchev–Trinajstić information content (AvgIpc) is 3.27. The first kappa shape index (κ1) is 31.6. The molecule has 3 aromatic rings. The number of nitriles is 2. The first-order valence-corrected chi connectivity index (χ1v) is 14.4. The molecular weight excluding hydrogens is 562 g/mol. The van der Waals surface area contributed by atoms with E-state index in [1.54, 1.807) is 36.4 Å². The molecule has 8 heteroatoms. The van der Waals surface area contributed by atoms with Crippen LogP contribution >= 0.6 is 0 Å². The van der Waals surface area contributed by atoms with Gasteiger partial charge in [0.15, 0.2) is 0 Å². The lowest BCUT2D eigenvalue weighted by atomic mass is 10.0. The van der Waals surface area contributed by atoms with Gasteiger partial charge in [-0.05, 0) is 80.1 Å². The SMILES string of the molecule is N#Cc1ccc(OC(=O)C2=CCC=C(CCCCCCCc3ccc(C(=O)Oc4ccc(C#N)c(F)c4)cc3)C=C2)cc1F. The Hall–Kier alpha value is -5.34. The number of unbranched alkanes of at least 4 members (excludes halogenated alkanes) is 4. The number of nitrogens with zero attached hydrogens (tertiary/aromatic N) is 2. The molecule has 0 spiro atoms. The fraction of sp³-hybridized carbons (Fsp3) is 0.222. The number of hydrogen-bond donors (Lipinski definition) is 0. The summed E-state index contributed by atoms with van der Waals surface area (Å²) in [5, 5.41) is 17.6. The largest absolute Gasteiger partial charge is 0.423 e. The lowest BCUT2D eigenvalue weighted by molar-refractivity contribution is -0.129. The molecule has 0 unspecified atom stereocenters. The van der Waals surface area contributed by atoms with Gasteiger partial charge in [-0.25, -0.2) is 18.4 Å². The molecule has 0 saturated carbocycles. The molecule has 0 atom stereocenters. The quantitative estimate of drug-likeness (QED) is 0.119. The van der Waals surface area contributed by atoms with Gasteiger partial charge in [-0.1, -0.05) is 55.2 Å². The van der Waals surface area contributed by atoms with Gasteiger partial charge in [-0.15, -0.1) is 0 Å². The van der Waals surface area contributed by atoms with Gasteiger partial charge in [0, 0.05) is 12.1 Å². The first-order chi connectivity index (χ1) is 21.4. The van der Waals surface area contributed by atoms with Crippen molar-refractivity contribution in [3.05, 3.63) is 130 Å². The van der Waals surface area contributed by atoms with Crippen molar-refractivity contribution >= 4 is 11.9 Å². The third-order valence-corrected chi connectivity index (χ3v) is 7.09. The van der Waals surface area contributed by atoms with Crippen LogP contribution in [0, 0.1) is 34.3 Å². The molecule has 0 radical (unpaired) electrons. The molecule has 222 valence electrons. The van der Waals surface area contributed by atoms with Gasteiger partial charge in [-0.3, -0.25) is 0 Å². The Balaban J connectivity index is 1.11. The lowest BCUT2D eigenvalue weighted by Crippen LogP contribution is -2.10. The highest BCUT2D eigenvalue weighted by molar-refractivity contribution is 5.93. The molecule has 0 saturated heterocycles. The number of carbonyl (C=O) groups is 2. The zero-order chi connectivity index (χ0) is 31.3. The molecular formula is C36H30F2N2O4. The van der Waals surface area contributed by atoms with Gasteiger partial charge in [0.2, 0.25) is 0 Å². The number of ether oxygens (including phenoxy) is 2. The monoisotopic (exact) mass is 592 g/mol. The van der Waals surface area contributed by atoms with Crippen molar-refractivity contribution in [1.29, 1.82) is 10.5 Å². The Morgan fingerprint density at radius 1 is 0.682 bits per heavy atom. The molecule has 0 heterocycles. The topological polar surface area (TPSA) is 100 Å². The predicted molar refractivity (Wildman–Crippen MR) is 161 cm³/mol. The van der Waals surface area contributed by atoms with Crippen LogP contribution in [0.15, 0.2) is 96.1 Å². The van der Waals surface area contributed by atoms with Crippen LogP contribution in [0.25, 0.3) is 0 Å². The normalized spacial score (nSPS) is 12.3. The molecule has 1 aliphatic rings. The summed E-state index contributed by atoms with van der Waals surface area (Å²) in [6.45, 7) is 0. The second-order valence-corrected chi connectivity index (χ2v) is 10.3. The molecule has 0 fully saturated rings. The summed E-state index contributed by atoms with van der Waals surface area (Å²) in [4.78, 5) is 24.9. The highest BCUT2D eigenvalue weighted by atomic mass is 19.1. The number of rotatable bonds is 12. The van der Waals surface area contributed by atoms with Crippen LogP contribution in [-0.2, 0) is 11.2 Å². The highest BCUT2D eigenvalue weighted by Crippen LogP contribution is 2.22. The zero-order valence-electron chi connectivity index (χ0n) is 24.0. The van der Waals surface area contributed by atoms with E-state index in [-0.39, 0.29) is 22.6 Å². The first-order valence-electron chi connectivity index (χ1n) is 14.4. The van der Waals surface area contributed by atoms with Gasteiger partial charge in [0.05, 0.1) is 22.3 Å². The van der Waals surface area contributed by atoms with Crippen LogP contribution in [0.1, 0.15) is 72.0 Å². The van der Waals surface area contributed by atoms with Gasteiger partial charge < -0.3 is 9.47 Å². The van der Waals surface area contributed by atoms with Gasteiger partial charge in [0.1, 0.15) is 35.3 Å². The Morgan fingerprint density at radius 3 is 1.84 bits per heavy atom. The van der Waals surface area contributed by atoms with Crippen molar-refractivity contribution in [2.24, 2.45) is 0 Å². The van der Waals surface area contributed by atoms with Crippen molar-refractivity contribution in [3.63, 3.8) is 0 Å². The lowest BCUT2D eigenvalue weighted by Gasteiger charge is -2.07. The van der Waals surface area contributed by atoms with E-state index in [4.69, 9.17) is 20.0 Å². The Morgan fingerprint density at radius 2 is 1.25 bits per heavy atom. The summed E-state index contributed by atoms with van der Waals surface area (Å²) in [6, 6.07) is 18.0. The van der Waals surface area contributed by atoms with E-state index < -0.39 is 23.6 Å². The minimum Gasteiger partial charge on any atom is -0.423 e.